The van der Waals surface area contributed by atoms with Crippen molar-refractivity contribution in [3.05, 3.63) is 0 Å². The fourth-order valence-corrected chi connectivity index (χ4v) is 3.87. The van der Waals surface area contributed by atoms with E-state index in [1.54, 1.807) is 7.11 Å². The summed E-state index contributed by atoms with van der Waals surface area (Å²) in [5.41, 5.74) is 0. The molecule has 0 radical (unpaired) electrons. The van der Waals surface area contributed by atoms with Crippen LogP contribution in [0.1, 0.15) is 40.5 Å². The predicted molar refractivity (Wildman–Crippen MR) is 93.5 cm³/mol. The lowest BCUT2D eigenvalue weighted by atomic mass is 9.93. The highest BCUT2D eigenvalue weighted by molar-refractivity contribution is 5.79. The molecule has 0 bridgehead atoms. The number of ether oxygens (including phenoxy) is 1. The topological polar surface area (TPSA) is 36.0 Å². The lowest BCUT2D eigenvalue weighted by Crippen LogP contribution is -2.59. The highest BCUT2D eigenvalue weighted by atomic mass is 16.5. The maximum Gasteiger partial charge on any atom is 0.226 e. The molecular formula is C18H35N3O2. The Hall–Kier alpha value is -0.650. The molecule has 2 rings (SSSR count). The number of rotatable bonds is 5. The van der Waals surface area contributed by atoms with Gasteiger partial charge in [0, 0.05) is 44.7 Å². The Morgan fingerprint density at radius 2 is 1.61 bits per heavy atom. The van der Waals surface area contributed by atoms with Gasteiger partial charge in [0.1, 0.15) is 0 Å². The Labute approximate surface area is 141 Å². The van der Waals surface area contributed by atoms with Crippen molar-refractivity contribution in [3.8, 4) is 0 Å². The van der Waals surface area contributed by atoms with Crippen molar-refractivity contribution in [1.82, 2.24) is 14.7 Å². The van der Waals surface area contributed by atoms with Crippen LogP contribution in [0.2, 0.25) is 0 Å². The third-order valence-corrected chi connectivity index (χ3v) is 5.50. The number of piperidine rings is 1. The van der Waals surface area contributed by atoms with E-state index in [0.717, 1.165) is 45.6 Å². The molecule has 2 aliphatic rings. The van der Waals surface area contributed by atoms with Gasteiger partial charge in [-0.15, -0.1) is 0 Å². The third kappa shape index (κ3) is 4.68. The smallest absolute Gasteiger partial charge is 0.226 e. The first-order valence-corrected chi connectivity index (χ1v) is 9.21. The van der Waals surface area contributed by atoms with Gasteiger partial charge < -0.3 is 14.5 Å². The molecule has 0 aromatic rings. The zero-order valence-corrected chi connectivity index (χ0v) is 15.6. The monoisotopic (exact) mass is 325 g/mol. The van der Waals surface area contributed by atoms with Gasteiger partial charge in [-0.25, -0.2) is 0 Å². The quantitative estimate of drug-likeness (QED) is 0.770. The van der Waals surface area contributed by atoms with E-state index in [9.17, 15) is 4.79 Å². The molecule has 1 amide bonds. The zero-order chi connectivity index (χ0) is 17.0. The molecule has 0 aromatic heterocycles. The average Bonchev–Trinajstić information content (AvgIpc) is 2.54. The van der Waals surface area contributed by atoms with Crippen molar-refractivity contribution in [2.24, 2.45) is 5.92 Å². The summed E-state index contributed by atoms with van der Waals surface area (Å²) in [5, 5.41) is 0. The van der Waals surface area contributed by atoms with E-state index in [4.69, 9.17) is 4.74 Å². The highest BCUT2D eigenvalue weighted by Crippen LogP contribution is 2.24. The van der Waals surface area contributed by atoms with Crippen LogP contribution in [-0.2, 0) is 9.53 Å². The van der Waals surface area contributed by atoms with Gasteiger partial charge in [0.2, 0.25) is 5.91 Å². The standard InChI is InChI=1S/C18H35N3O2/c1-14(2)19-8-6-16(7-9-19)18(22)21-11-10-20(15(3)4)12-17(21)13-23-5/h14-17H,6-13H2,1-5H3/t17-/m0/s1. The minimum atomic E-state index is 0.201. The number of hydrogen-bond acceptors (Lipinski definition) is 4. The molecule has 2 heterocycles. The van der Waals surface area contributed by atoms with Crippen LogP contribution in [-0.4, -0.2) is 85.2 Å². The molecule has 5 heteroatoms. The molecule has 2 saturated heterocycles. The predicted octanol–water partition coefficient (Wildman–Crippen LogP) is 1.67. The van der Waals surface area contributed by atoms with Crippen LogP contribution in [0.25, 0.3) is 0 Å². The van der Waals surface area contributed by atoms with E-state index in [-0.39, 0.29) is 12.0 Å². The number of carbonyl (C=O) groups excluding carboxylic acids is 1. The molecular weight excluding hydrogens is 290 g/mol. The van der Waals surface area contributed by atoms with Gasteiger partial charge in [-0.2, -0.15) is 0 Å². The largest absolute Gasteiger partial charge is 0.382 e. The van der Waals surface area contributed by atoms with E-state index in [0.29, 0.717) is 24.6 Å². The van der Waals surface area contributed by atoms with Gasteiger partial charge in [0.25, 0.3) is 0 Å². The number of piperazine rings is 1. The molecule has 0 aliphatic carbocycles. The molecule has 0 saturated carbocycles. The Morgan fingerprint density at radius 3 is 2.13 bits per heavy atom. The van der Waals surface area contributed by atoms with Crippen LogP contribution in [0.15, 0.2) is 0 Å². The number of nitrogens with zero attached hydrogens (tertiary/aromatic N) is 3. The normalized spacial score (nSPS) is 25.5. The van der Waals surface area contributed by atoms with Crippen LogP contribution in [0.5, 0.6) is 0 Å². The number of carbonyl (C=O) groups is 1. The summed E-state index contributed by atoms with van der Waals surface area (Å²) >= 11 is 0. The van der Waals surface area contributed by atoms with Crippen molar-refractivity contribution < 1.29 is 9.53 Å². The van der Waals surface area contributed by atoms with E-state index < -0.39 is 0 Å². The highest BCUT2D eigenvalue weighted by Gasteiger charge is 2.36. The Balaban J connectivity index is 1.95. The first-order chi connectivity index (χ1) is 10.9. The fourth-order valence-electron chi connectivity index (χ4n) is 3.87. The SMILES string of the molecule is COC[C@@H]1CN(C(C)C)CCN1C(=O)C1CCN(C(C)C)CC1. The Morgan fingerprint density at radius 1 is 1.00 bits per heavy atom. The first-order valence-electron chi connectivity index (χ1n) is 9.21. The van der Waals surface area contributed by atoms with Crippen LogP contribution in [0.3, 0.4) is 0 Å². The van der Waals surface area contributed by atoms with E-state index in [1.165, 1.54) is 0 Å². The number of amides is 1. The fraction of sp³-hybridized carbons (Fsp3) is 0.944. The van der Waals surface area contributed by atoms with Gasteiger partial charge in [-0.05, 0) is 53.6 Å². The summed E-state index contributed by atoms with van der Waals surface area (Å²) in [5.74, 6) is 0.564. The molecule has 2 aliphatic heterocycles. The zero-order valence-electron chi connectivity index (χ0n) is 15.6. The molecule has 1 atom stereocenters. The molecule has 0 unspecified atom stereocenters. The molecule has 0 N–H and O–H groups in total. The maximum atomic E-state index is 13.0. The summed E-state index contributed by atoms with van der Waals surface area (Å²) in [4.78, 5) is 20.1. The van der Waals surface area contributed by atoms with Crippen LogP contribution < -0.4 is 0 Å². The summed E-state index contributed by atoms with van der Waals surface area (Å²) in [6.45, 7) is 14.4. The Kier molecular flexibility index (Phi) is 6.86. The van der Waals surface area contributed by atoms with Gasteiger partial charge in [0.05, 0.1) is 12.6 Å². The lowest BCUT2D eigenvalue weighted by molar-refractivity contribution is -0.144. The molecule has 0 aromatic carbocycles. The van der Waals surface area contributed by atoms with Crippen LogP contribution >= 0.6 is 0 Å². The Bertz CT molecular complexity index is 378. The minimum absolute atomic E-state index is 0.201. The number of methoxy groups -OCH3 is 1. The second-order valence-electron chi connectivity index (χ2n) is 7.63. The van der Waals surface area contributed by atoms with Crippen molar-refractivity contribution in [1.29, 1.82) is 0 Å². The maximum absolute atomic E-state index is 13.0. The van der Waals surface area contributed by atoms with Crippen LogP contribution in [0, 0.1) is 5.92 Å². The number of likely N-dealkylation sites (tertiary alicyclic amines) is 1. The minimum Gasteiger partial charge on any atom is -0.382 e. The van der Waals surface area contributed by atoms with E-state index in [1.807, 2.05) is 0 Å². The summed E-state index contributed by atoms with van der Waals surface area (Å²) < 4.78 is 5.40. The van der Waals surface area contributed by atoms with Gasteiger partial charge >= 0.3 is 0 Å². The van der Waals surface area contributed by atoms with Crippen molar-refractivity contribution in [2.75, 3.05) is 46.4 Å². The van der Waals surface area contributed by atoms with Crippen molar-refractivity contribution in [3.63, 3.8) is 0 Å². The lowest BCUT2D eigenvalue weighted by Gasteiger charge is -2.45. The number of hydrogen-bond donors (Lipinski definition) is 0. The molecule has 5 nitrogen and oxygen atoms in total. The van der Waals surface area contributed by atoms with Crippen molar-refractivity contribution in [2.45, 2.75) is 58.7 Å². The van der Waals surface area contributed by atoms with Crippen molar-refractivity contribution >= 4 is 5.91 Å². The molecule has 2 fully saturated rings. The van der Waals surface area contributed by atoms with Gasteiger partial charge in [0.15, 0.2) is 0 Å². The molecule has 0 spiro atoms. The van der Waals surface area contributed by atoms with Crippen LogP contribution in [0.4, 0.5) is 0 Å². The van der Waals surface area contributed by atoms with Gasteiger partial charge in [-0.1, -0.05) is 0 Å². The summed E-state index contributed by atoms with van der Waals surface area (Å²) in [6.07, 6.45) is 2.00. The molecule has 134 valence electrons. The third-order valence-electron chi connectivity index (χ3n) is 5.50. The average molecular weight is 325 g/mol. The second-order valence-corrected chi connectivity index (χ2v) is 7.63. The van der Waals surface area contributed by atoms with E-state index >= 15 is 0 Å². The second kappa shape index (κ2) is 8.45. The van der Waals surface area contributed by atoms with E-state index in [2.05, 4.69) is 42.4 Å². The first kappa shape index (κ1) is 18.7. The summed E-state index contributed by atoms with van der Waals surface area (Å²) in [6, 6.07) is 1.31. The van der Waals surface area contributed by atoms with Gasteiger partial charge in [-0.3, -0.25) is 9.69 Å². The molecule has 23 heavy (non-hydrogen) atoms. The summed E-state index contributed by atoms with van der Waals surface area (Å²) in [7, 11) is 1.73.